The van der Waals surface area contributed by atoms with E-state index >= 15 is 0 Å². The number of halogens is 1. The molecule has 21 heavy (non-hydrogen) atoms. The van der Waals surface area contributed by atoms with Gasteiger partial charge in [0.15, 0.2) is 0 Å². The highest BCUT2D eigenvalue weighted by molar-refractivity contribution is 9.10. The molecule has 0 bridgehead atoms. The van der Waals surface area contributed by atoms with E-state index in [0.717, 1.165) is 23.3 Å². The Kier molecular flexibility index (Phi) is 6.56. The lowest BCUT2D eigenvalue weighted by Crippen LogP contribution is -2.23. The predicted molar refractivity (Wildman–Crippen MR) is 92.9 cm³/mol. The van der Waals surface area contributed by atoms with Crippen LogP contribution in [0.15, 0.2) is 16.6 Å². The smallest absolute Gasteiger partial charge is 0.127 e. The molecule has 1 saturated carbocycles. The lowest BCUT2D eigenvalue weighted by atomic mass is 9.97. The molecule has 0 aromatic heterocycles. The summed E-state index contributed by atoms with van der Waals surface area (Å²) in [6.07, 6.45) is 6.79. The first-order chi connectivity index (χ1) is 10.1. The van der Waals surface area contributed by atoms with Gasteiger partial charge < -0.3 is 10.1 Å². The highest BCUT2D eigenvalue weighted by atomic mass is 79.9. The molecule has 0 amide bonds. The summed E-state index contributed by atoms with van der Waals surface area (Å²) in [6.45, 7) is 8.53. The third-order valence-electron chi connectivity index (χ3n) is 4.02. The average Bonchev–Trinajstić information content (AvgIpc) is 2.43. The molecule has 0 saturated heterocycles. The van der Waals surface area contributed by atoms with Crippen molar-refractivity contribution < 1.29 is 4.74 Å². The molecular formula is C18H28BrNO. The Morgan fingerprint density at radius 1 is 1.24 bits per heavy atom. The molecular weight excluding hydrogens is 326 g/mol. The van der Waals surface area contributed by atoms with Crippen LogP contribution in [0.2, 0.25) is 0 Å². The van der Waals surface area contributed by atoms with E-state index < -0.39 is 0 Å². The van der Waals surface area contributed by atoms with Crippen LogP contribution in [0.3, 0.4) is 0 Å². The van der Waals surface area contributed by atoms with Gasteiger partial charge in [-0.3, -0.25) is 0 Å². The van der Waals surface area contributed by atoms with Gasteiger partial charge in [0.05, 0.1) is 6.10 Å². The van der Waals surface area contributed by atoms with Gasteiger partial charge in [-0.25, -0.2) is 0 Å². The zero-order valence-corrected chi connectivity index (χ0v) is 15.1. The Bertz CT molecular complexity index is 453. The Hall–Kier alpha value is -0.540. The predicted octanol–water partition coefficient (Wildman–Crippen LogP) is 5.21. The van der Waals surface area contributed by atoms with Crippen LogP contribution in [0.25, 0.3) is 0 Å². The maximum atomic E-state index is 6.37. The standard InChI is InChI=1S/C18H28BrNO/c1-13(2)11-20-12-15-10-16(19)9-14(3)18(15)21-17-7-5-4-6-8-17/h9-10,13,17,20H,4-8,11-12H2,1-3H3. The van der Waals surface area contributed by atoms with E-state index in [1.165, 1.54) is 43.2 Å². The van der Waals surface area contributed by atoms with Crippen LogP contribution >= 0.6 is 15.9 Å². The van der Waals surface area contributed by atoms with E-state index in [-0.39, 0.29) is 0 Å². The molecule has 2 rings (SSSR count). The number of rotatable bonds is 6. The van der Waals surface area contributed by atoms with Crippen molar-refractivity contribution >= 4 is 15.9 Å². The SMILES string of the molecule is Cc1cc(Br)cc(CNCC(C)C)c1OC1CCCCC1. The number of ether oxygens (including phenoxy) is 1. The van der Waals surface area contributed by atoms with E-state index in [1.54, 1.807) is 0 Å². The second kappa shape index (κ2) is 8.19. The Morgan fingerprint density at radius 3 is 2.62 bits per heavy atom. The summed E-state index contributed by atoms with van der Waals surface area (Å²) in [5.41, 5.74) is 2.50. The van der Waals surface area contributed by atoms with Crippen molar-refractivity contribution in [3.05, 3.63) is 27.7 Å². The van der Waals surface area contributed by atoms with Gasteiger partial charge in [-0.05, 0) is 62.8 Å². The third kappa shape index (κ3) is 5.30. The molecule has 0 aliphatic heterocycles. The fourth-order valence-corrected chi connectivity index (χ4v) is 3.56. The largest absolute Gasteiger partial charge is 0.490 e. The van der Waals surface area contributed by atoms with E-state index in [0.29, 0.717) is 12.0 Å². The molecule has 0 unspecified atom stereocenters. The Balaban J connectivity index is 2.09. The quantitative estimate of drug-likeness (QED) is 0.757. The van der Waals surface area contributed by atoms with Gasteiger partial charge >= 0.3 is 0 Å². The van der Waals surface area contributed by atoms with Crippen molar-refractivity contribution in [1.29, 1.82) is 0 Å². The first-order valence-electron chi connectivity index (χ1n) is 8.22. The zero-order valence-electron chi connectivity index (χ0n) is 13.5. The maximum absolute atomic E-state index is 6.37. The number of hydrogen-bond acceptors (Lipinski definition) is 2. The molecule has 1 aliphatic rings. The second-order valence-electron chi connectivity index (χ2n) is 6.61. The number of nitrogens with one attached hydrogen (secondary N) is 1. The number of aryl methyl sites for hydroxylation is 1. The van der Waals surface area contributed by atoms with Crippen LogP contribution in [0.1, 0.15) is 57.1 Å². The molecule has 1 aliphatic carbocycles. The second-order valence-corrected chi connectivity index (χ2v) is 7.53. The van der Waals surface area contributed by atoms with Crippen molar-refractivity contribution in [3.63, 3.8) is 0 Å². The fraction of sp³-hybridized carbons (Fsp3) is 0.667. The van der Waals surface area contributed by atoms with E-state index in [4.69, 9.17) is 4.74 Å². The lowest BCUT2D eigenvalue weighted by Gasteiger charge is -2.26. The molecule has 2 nitrogen and oxygen atoms in total. The van der Waals surface area contributed by atoms with Crippen molar-refractivity contribution in [3.8, 4) is 5.75 Å². The normalized spacial score (nSPS) is 16.4. The summed E-state index contributed by atoms with van der Waals surface area (Å²) < 4.78 is 7.51. The molecule has 118 valence electrons. The number of benzene rings is 1. The highest BCUT2D eigenvalue weighted by Gasteiger charge is 2.18. The molecule has 1 aromatic carbocycles. The molecule has 0 spiro atoms. The van der Waals surface area contributed by atoms with Gasteiger partial charge in [0, 0.05) is 16.6 Å². The molecule has 0 radical (unpaired) electrons. The van der Waals surface area contributed by atoms with Crippen LogP contribution in [0.4, 0.5) is 0 Å². The van der Waals surface area contributed by atoms with Gasteiger partial charge in [0.25, 0.3) is 0 Å². The molecule has 0 atom stereocenters. The Morgan fingerprint density at radius 2 is 1.95 bits per heavy atom. The molecule has 1 fully saturated rings. The summed E-state index contributed by atoms with van der Waals surface area (Å²) in [5, 5.41) is 3.53. The van der Waals surface area contributed by atoms with E-state index in [2.05, 4.69) is 54.2 Å². The van der Waals surface area contributed by atoms with Gasteiger partial charge in [-0.15, -0.1) is 0 Å². The lowest BCUT2D eigenvalue weighted by molar-refractivity contribution is 0.152. The first kappa shape index (κ1) is 16.8. The minimum absolute atomic E-state index is 0.405. The number of hydrogen-bond donors (Lipinski definition) is 1. The van der Waals surface area contributed by atoms with Crippen molar-refractivity contribution in [2.45, 2.75) is 65.5 Å². The Labute approximate surface area is 137 Å². The highest BCUT2D eigenvalue weighted by Crippen LogP contribution is 2.31. The summed E-state index contributed by atoms with van der Waals surface area (Å²) in [4.78, 5) is 0. The molecule has 1 aromatic rings. The van der Waals surface area contributed by atoms with Crippen molar-refractivity contribution in [2.75, 3.05) is 6.54 Å². The minimum atomic E-state index is 0.405. The van der Waals surface area contributed by atoms with E-state index in [1.807, 2.05) is 0 Å². The zero-order chi connectivity index (χ0) is 15.2. The minimum Gasteiger partial charge on any atom is -0.490 e. The topological polar surface area (TPSA) is 21.3 Å². The first-order valence-corrected chi connectivity index (χ1v) is 9.02. The summed E-state index contributed by atoms with van der Waals surface area (Å²) >= 11 is 3.61. The fourth-order valence-electron chi connectivity index (χ4n) is 2.94. The molecule has 1 N–H and O–H groups in total. The summed E-state index contributed by atoms with van der Waals surface area (Å²) in [5.74, 6) is 1.77. The van der Waals surface area contributed by atoms with Gasteiger partial charge in [-0.2, -0.15) is 0 Å². The third-order valence-corrected chi connectivity index (χ3v) is 4.48. The van der Waals surface area contributed by atoms with Crippen molar-refractivity contribution in [1.82, 2.24) is 5.32 Å². The van der Waals surface area contributed by atoms with Crippen LogP contribution < -0.4 is 10.1 Å². The van der Waals surface area contributed by atoms with Crippen LogP contribution in [-0.4, -0.2) is 12.6 Å². The van der Waals surface area contributed by atoms with Crippen molar-refractivity contribution in [2.24, 2.45) is 5.92 Å². The van der Waals surface area contributed by atoms with Gasteiger partial charge in [-0.1, -0.05) is 36.2 Å². The van der Waals surface area contributed by atoms with Gasteiger partial charge in [0.1, 0.15) is 5.75 Å². The summed E-state index contributed by atoms with van der Waals surface area (Å²) in [7, 11) is 0. The van der Waals surface area contributed by atoms with Crippen LogP contribution in [-0.2, 0) is 6.54 Å². The molecule has 0 heterocycles. The van der Waals surface area contributed by atoms with Crippen LogP contribution in [0.5, 0.6) is 5.75 Å². The van der Waals surface area contributed by atoms with Crippen LogP contribution in [0, 0.1) is 12.8 Å². The van der Waals surface area contributed by atoms with Gasteiger partial charge in [0.2, 0.25) is 0 Å². The molecule has 3 heteroatoms. The summed E-state index contributed by atoms with van der Waals surface area (Å²) in [6, 6.07) is 4.35. The maximum Gasteiger partial charge on any atom is 0.127 e. The van der Waals surface area contributed by atoms with E-state index in [9.17, 15) is 0 Å². The monoisotopic (exact) mass is 353 g/mol. The average molecular weight is 354 g/mol.